The molecular weight excluding hydrogens is 239 g/mol. The van der Waals surface area contributed by atoms with Crippen LogP contribution >= 0.6 is 11.8 Å². The van der Waals surface area contributed by atoms with Crippen LogP contribution in [0.2, 0.25) is 0 Å². The lowest BCUT2D eigenvalue weighted by Gasteiger charge is -2.29. The van der Waals surface area contributed by atoms with Crippen LogP contribution in [-0.2, 0) is 0 Å². The summed E-state index contributed by atoms with van der Waals surface area (Å²) < 4.78 is 18.8. The third kappa shape index (κ3) is 3.13. The van der Waals surface area contributed by atoms with Crippen molar-refractivity contribution in [3.05, 3.63) is 29.6 Å². The SMILES string of the molecule is CSCCCC1C[C@H](O)c2cc(F)ccc2O1. The van der Waals surface area contributed by atoms with Crippen LogP contribution in [0.1, 0.15) is 30.9 Å². The minimum absolute atomic E-state index is 0.0510. The van der Waals surface area contributed by atoms with Crippen molar-refractivity contribution in [2.45, 2.75) is 31.5 Å². The first-order valence-electron chi connectivity index (χ1n) is 5.84. The van der Waals surface area contributed by atoms with Crippen LogP contribution < -0.4 is 4.74 Å². The van der Waals surface area contributed by atoms with Gasteiger partial charge in [-0.25, -0.2) is 4.39 Å². The molecule has 1 N–H and O–H groups in total. The average Bonchev–Trinajstić information content (AvgIpc) is 2.31. The van der Waals surface area contributed by atoms with Crippen molar-refractivity contribution in [2.75, 3.05) is 12.0 Å². The van der Waals surface area contributed by atoms with Crippen LogP contribution in [0.15, 0.2) is 18.2 Å². The molecule has 2 nitrogen and oxygen atoms in total. The van der Waals surface area contributed by atoms with Gasteiger partial charge in [0, 0.05) is 12.0 Å². The summed E-state index contributed by atoms with van der Waals surface area (Å²) in [5, 5.41) is 9.96. The number of aliphatic hydroxyl groups excluding tert-OH is 1. The molecule has 0 radical (unpaired) electrons. The van der Waals surface area contributed by atoms with Crippen molar-refractivity contribution in [3.63, 3.8) is 0 Å². The molecule has 1 aromatic rings. The Hall–Kier alpha value is -0.740. The average molecular weight is 256 g/mol. The Morgan fingerprint density at radius 3 is 3.12 bits per heavy atom. The molecule has 0 spiro atoms. The first kappa shape index (κ1) is 12.7. The minimum atomic E-state index is -0.603. The second-order valence-electron chi connectivity index (χ2n) is 4.31. The number of ether oxygens (including phenoxy) is 1. The molecule has 0 aliphatic carbocycles. The van der Waals surface area contributed by atoms with Gasteiger partial charge in [0.1, 0.15) is 17.7 Å². The Morgan fingerprint density at radius 1 is 1.53 bits per heavy atom. The molecule has 4 heteroatoms. The van der Waals surface area contributed by atoms with Crippen molar-refractivity contribution in [1.82, 2.24) is 0 Å². The molecule has 1 aliphatic heterocycles. The van der Waals surface area contributed by atoms with E-state index in [-0.39, 0.29) is 11.9 Å². The van der Waals surface area contributed by atoms with Crippen LogP contribution in [0.25, 0.3) is 0 Å². The van der Waals surface area contributed by atoms with E-state index in [9.17, 15) is 9.50 Å². The molecular formula is C13H17FO2S. The first-order chi connectivity index (χ1) is 8.20. The zero-order chi connectivity index (χ0) is 12.3. The topological polar surface area (TPSA) is 29.5 Å². The molecule has 0 amide bonds. The summed E-state index contributed by atoms with van der Waals surface area (Å²) in [7, 11) is 0. The number of hydrogen-bond donors (Lipinski definition) is 1. The summed E-state index contributed by atoms with van der Waals surface area (Å²) in [5.74, 6) is 1.40. The molecule has 1 aromatic carbocycles. The highest BCUT2D eigenvalue weighted by atomic mass is 32.2. The maximum absolute atomic E-state index is 13.0. The van der Waals surface area contributed by atoms with Gasteiger partial charge >= 0.3 is 0 Å². The molecule has 17 heavy (non-hydrogen) atoms. The standard InChI is InChI=1S/C13H17FO2S/c1-17-6-2-3-10-8-12(15)11-7-9(14)4-5-13(11)16-10/h4-5,7,10,12,15H,2-3,6,8H2,1H3/t10?,12-/m0/s1. The normalized spacial score (nSPS) is 23.0. The quantitative estimate of drug-likeness (QED) is 0.839. The van der Waals surface area contributed by atoms with Gasteiger partial charge in [0.15, 0.2) is 0 Å². The van der Waals surface area contributed by atoms with Crippen LogP contribution in [0.4, 0.5) is 4.39 Å². The second-order valence-corrected chi connectivity index (χ2v) is 5.29. The maximum atomic E-state index is 13.0. The van der Waals surface area contributed by atoms with E-state index in [0.29, 0.717) is 17.7 Å². The van der Waals surface area contributed by atoms with E-state index in [2.05, 4.69) is 6.26 Å². The molecule has 2 atom stereocenters. The number of hydrogen-bond acceptors (Lipinski definition) is 3. The van der Waals surface area contributed by atoms with Crippen molar-refractivity contribution in [2.24, 2.45) is 0 Å². The molecule has 0 saturated carbocycles. The van der Waals surface area contributed by atoms with Crippen molar-refractivity contribution in [3.8, 4) is 5.75 Å². The first-order valence-corrected chi connectivity index (χ1v) is 7.23. The Balaban J connectivity index is 2.03. The summed E-state index contributed by atoms with van der Waals surface area (Å²) >= 11 is 1.81. The summed E-state index contributed by atoms with van der Waals surface area (Å²) in [6, 6.07) is 4.34. The fraction of sp³-hybridized carbons (Fsp3) is 0.538. The van der Waals surface area contributed by atoms with E-state index in [0.717, 1.165) is 18.6 Å². The summed E-state index contributed by atoms with van der Waals surface area (Å²) in [6.45, 7) is 0. The summed E-state index contributed by atoms with van der Waals surface area (Å²) in [5.41, 5.74) is 0.575. The second kappa shape index (κ2) is 5.74. The zero-order valence-electron chi connectivity index (χ0n) is 9.86. The number of benzene rings is 1. The number of aliphatic hydroxyl groups is 1. The lowest BCUT2D eigenvalue weighted by Crippen LogP contribution is -2.25. The third-order valence-electron chi connectivity index (χ3n) is 2.99. The Kier molecular flexibility index (Phi) is 4.29. The van der Waals surface area contributed by atoms with E-state index < -0.39 is 6.10 Å². The van der Waals surface area contributed by atoms with Gasteiger partial charge in [0.05, 0.1) is 6.10 Å². The molecule has 0 fully saturated rings. The van der Waals surface area contributed by atoms with Crippen LogP contribution in [0.3, 0.4) is 0 Å². The van der Waals surface area contributed by atoms with Gasteiger partial charge in [-0.3, -0.25) is 0 Å². The van der Waals surface area contributed by atoms with Crippen molar-refractivity contribution >= 4 is 11.8 Å². The van der Waals surface area contributed by atoms with Crippen LogP contribution in [0.5, 0.6) is 5.75 Å². The lowest BCUT2D eigenvalue weighted by molar-refractivity contribution is 0.0612. The van der Waals surface area contributed by atoms with E-state index in [1.54, 1.807) is 6.07 Å². The van der Waals surface area contributed by atoms with Crippen LogP contribution in [0, 0.1) is 5.82 Å². The molecule has 0 saturated heterocycles. The Bertz CT molecular complexity index is 384. The molecule has 1 aliphatic rings. The highest BCUT2D eigenvalue weighted by Crippen LogP contribution is 2.36. The fourth-order valence-corrected chi connectivity index (χ4v) is 2.58. The molecule has 94 valence electrons. The van der Waals surface area contributed by atoms with Gasteiger partial charge in [-0.15, -0.1) is 0 Å². The molecule has 2 rings (SSSR count). The largest absolute Gasteiger partial charge is 0.490 e. The molecule has 0 aromatic heterocycles. The zero-order valence-corrected chi connectivity index (χ0v) is 10.7. The van der Waals surface area contributed by atoms with Gasteiger partial charge in [0.2, 0.25) is 0 Å². The predicted octanol–water partition coefficient (Wildman–Crippen LogP) is 3.15. The molecule has 1 heterocycles. The monoisotopic (exact) mass is 256 g/mol. The van der Waals surface area contributed by atoms with E-state index in [1.807, 2.05) is 11.8 Å². The Labute approximate surface area is 105 Å². The Morgan fingerprint density at radius 2 is 2.35 bits per heavy atom. The summed E-state index contributed by atoms with van der Waals surface area (Å²) in [6.07, 6.45) is 4.10. The van der Waals surface area contributed by atoms with Crippen molar-refractivity contribution < 1.29 is 14.2 Å². The third-order valence-corrected chi connectivity index (χ3v) is 3.68. The van der Waals surface area contributed by atoms with Gasteiger partial charge in [-0.05, 0) is 43.0 Å². The van der Waals surface area contributed by atoms with Gasteiger partial charge in [0.25, 0.3) is 0 Å². The predicted molar refractivity (Wildman–Crippen MR) is 68.0 cm³/mol. The molecule has 0 bridgehead atoms. The van der Waals surface area contributed by atoms with E-state index >= 15 is 0 Å². The van der Waals surface area contributed by atoms with Crippen molar-refractivity contribution in [1.29, 1.82) is 0 Å². The number of rotatable bonds is 4. The highest BCUT2D eigenvalue weighted by molar-refractivity contribution is 7.98. The highest BCUT2D eigenvalue weighted by Gasteiger charge is 2.26. The fourth-order valence-electron chi connectivity index (χ4n) is 2.12. The van der Waals surface area contributed by atoms with E-state index in [4.69, 9.17) is 4.74 Å². The summed E-state index contributed by atoms with van der Waals surface area (Å²) in [4.78, 5) is 0. The maximum Gasteiger partial charge on any atom is 0.125 e. The van der Waals surface area contributed by atoms with E-state index in [1.165, 1.54) is 12.1 Å². The number of fused-ring (bicyclic) bond motifs is 1. The smallest absolute Gasteiger partial charge is 0.125 e. The number of thioether (sulfide) groups is 1. The minimum Gasteiger partial charge on any atom is -0.490 e. The molecule has 1 unspecified atom stereocenters. The van der Waals surface area contributed by atoms with Crippen LogP contribution in [-0.4, -0.2) is 23.2 Å². The lowest BCUT2D eigenvalue weighted by atomic mass is 9.97. The van der Waals surface area contributed by atoms with Gasteiger partial charge in [-0.2, -0.15) is 11.8 Å². The van der Waals surface area contributed by atoms with Gasteiger partial charge in [-0.1, -0.05) is 0 Å². The van der Waals surface area contributed by atoms with Gasteiger partial charge < -0.3 is 9.84 Å². The number of halogens is 1.